The second-order valence-electron chi connectivity index (χ2n) is 4.21. The topological polar surface area (TPSA) is 55.1 Å². The van der Waals surface area contributed by atoms with Crippen LogP contribution in [0.15, 0.2) is 23.4 Å². The maximum absolute atomic E-state index is 10.7. The lowest BCUT2D eigenvalue weighted by Gasteiger charge is -2.07. The van der Waals surface area contributed by atoms with Crippen molar-refractivity contribution < 1.29 is 9.90 Å². The Morgan fingerprint density at radius 1 is 1.50 bits per heavy atom. The number of fused-ring (bicyclic) bond motifs is 1. The molecule has 0 aliphatic carbocycles. The molecule has 0 radical (unpaired) electrons. The van der Waals surface area contributed by atoms with E-state index in [1.54, 1.807) is 17.8 Å². The summed E-state index contributed by atoms with van der Waals surface area (Å²) < 4.78 is 2.06. The first-order valence-corrected chi connectivity index (χ1v) is 8.87. The lowest BCUT2D eigenvalue weighted by molar-refractivity contribution is -0.133. The summed E-state index contributed by atoms with van der Waals surface area (Å²) in [4.78, 5) is 15.2. The molecule has 0 spiro atoms. The normalized spacial score (nSPS) is 11.1. The summed E-state index contributed by atoms with van der Waals surface area (Å²) in [5, 5.41) is 10.2. The molecular weight excluding hydrogens is 316 g/mol. The van der Waals surface area contributed by atoms with E-state index in [1.807, 2.05) is 12.1 Å². The summed E-state index contributed by atoms with van der Waals surface area (Å²) in [6.07, 6.45) is 3.09. The average Bonchev–Trinajstić information content (AvgIpc) is 2.74. The van der Waals surface area contributed by atoms with Gasteiger partial charge in [-0.3, -0.25) is 4.79 Å². The molecular formula is C13H15ClN2O2S2. The third kappa shape index (κ3) is 3.84. The Labute approximate surface area is 130 Å². The predicted octanol–water partition coefficient (Wildman–Crippen LogP) is 3.62. The summed E-state index contributed by atoms with van der Waals surface area (Å²) >= 11 is 9.09. The molecule has 0 unspecified atom stereocenters. The van der Waals surface area contributed by atoms with Crippen molar-refractivity contribution in [2.24, 2.45) is 0 Å². The third-order valence-corrected chi connectivity index (χ3v) is 4.62. The summed E-state index contributed by atoms with van der Waals surface area (Å²) in [6, 6.07) is 5.55. The van der Waals surface area contributed by atoms with Crippen LogP contribution in [0, 0.1) is 0 Å². The van der Waals surface area contributed by atoms with Crippen LogP contribution < -0.4 is 0 Å². The van der Waals surface area contributed by atoms with E-state index in [9.17, 15) is 4.79 Å². The van der Waals surface area contributed by atoms with Crippen molar-refractivity contribution in [3.63, 3.8) is 0 Å². The van der Waals surface area contributed by atoms with E-state index in [0.717, 1.165) is 34.9 Å². The lowest BCUT2D eigenvalue weighted by Crippen LogP contribution is -2.04. The number of thioether (sulfide) groups is 2. The number of hydrogen-bond acceptors (Lipinski definition) is 4. The van der Waals surface area contributed by atoms with Gasteiger partial charge in [0.25, 0.3) is 0 Å². The van der Waals surface area contributed by atoms with Crippen LogP contribution >= 0.6 is 35.1 Å². The van der Waals surface area contributed by atoms with Crippen LogP contribution in [0.25, 0.3) is 11.0 Å². The third-order valence-electron chi connectivity index (χ3n) is 2.73. The quantitative estimate of drug-likeness (QED) is 0.620. The zero-order valence-corrected chi connectivity index (χ0v) is 13.4. The zero-order valence-electron chi connectivity index (χ0n) is 11.0. The second kappa shape index (κ2) is 7.24. The molecule has 1 heterocycles. The van der Waals surface area contributed by atoms with Gasteiger partial charge < -0.3 is 9.67 Å². The first kappa shape index (κ1) is 15.5. The molecule has 1 aromatic heterocycles. The van der Waals surface area contributed by atoms with E-state index in [1.165, 1.54) is 11.8 Å². The minimum atomic E-state index is -0.837. The van der Waals surface area contributed by atoms with Crippen LogP contribution in [0.1, 0.15) is 6.42 Å². The van der Waals surface area contributed by atoms with E-state index in [4.69, 9.17) is 16.7 Å². The predicted molar refractivity (Wildman–Crippen MR) is 86.1 cm³/mol. The number of carbonyl (C=O) groups is 1. The van der Waals surface area contributed by atoms with Crippen LogP contribution in [0.4, 0.5) is 0 Å². The molecule has 0 fully saturated rings. The van der Waals surface area contributed by atoms with E-state index in [2.05, 4.69) is 15.8 Å². The Morgan fingerprint density at radius 3 is 3.00 bits per heavy atom. The molecule has 20 heavy (non-hydrogen) atoms. The fourth-order valence-electron chi connectivity index (χ4n) is 1.89. The van der Waals surface area contributed by atoms with Gasteiger partial charge in [-0.1, -0.05) is 23.4 Å². The van der Waals surface area contributed by atoms with Crippen molar-refractivity contribution in [1.82, 2.24) is 9.55 Å². The number of nitrogens with zero attached hydrogens (tertiary/aromatic N) is 2. The maximum Gasteiger partial charge on any atom is 0.313 e. The molecule has 0 bridgehead atoms. The zero-order chi connectivity index (χ0) is 14.5. The van der Waals surface area contributed by atoms with Gasteiger partial charge in [-0.25, -0.2) is 4.98 Å². The molecule has 4 nitrogen and oxygen atoms in total. The number of aryl methyl sites for hydroxylation is 1. The highest BCUT2D eigenvalue weighted by atomic mass is 35.5. The van der Waals surface area contributed by atoms with Gasteiger partial charge in [0, 0.05) is 11.6 Å². The standard InChI is InChI=1S/C13H15ClN2O2S2/c1-19-6-2-5-16-11-7-9(14)3-4-10(11)15-13(16)20-8-12(17)18/h3-4,7H,2,5-6,8H2,1H3,(H,17,18). The van der Waals surface area contributed by atoms with Crippen LogP contribution in [-0.4, -0.2) is 38.4 Å². The summed E-state index contributed by atoms with van der Waals surface area (Å²) in [6.45, 7) is 0.819. The molecule has 0 aliphatic heterocycles. The summed E-state index contributed by atoms with van der Waals surface area (Å²) in [7, 11) is 0. The Balaban J connectivity index is 2.32. The number of carboxylic acid groups (broad SMARTS) is 1. The highest BCUT2D eigenvalue weighted by molar-refractivity contribution is 7.99. The van der Waals surface area contributed by atoms with Crippen LogP contribution in [0.3, 0.4) is 0 Å². The minimum Gasteiger partial charge on any atom is -0.481 e. The van der Waals surface area contributed by atoms with Crippen LogP contribution in [-0.2, 0) is 11.3 Å². The van der Waals surface area contributed by atoms with E-state index in [-0.39, 0.29) is 5.75 Å². The average molecular weight is 331 g/mol. The molecule has 1 aromatic carbocycles. The van der Waals surface area contributed by atoms with Gasteiger partial charge in [0.05, 0.1) is 16.8 Å². The molecule has 2 aromatic rings. The monoisotopic (exact) mass is 330 g/mol. The van der Waals surface area contributed by atoms with E-state index >= 15 is 0 Å². The number of imidazole rings is 1. The van der Waals surface area contributed by atoms with Crippen molar-refractivity contribution >= 4 is 52.1 Å². The molecule has 0 saturated carbocycles. The van der Waals surface area contributed by atoms with Gasteiger partial charge in [-0.05, 0) is 36.6 Å². The number of benzene rings is 1. The van der Waals surface area contributed by atoms with Gasteiger partial charge in [0.2, 0.25) is 0 Å². The van der Waals surface area contributed by atoms with Crippen LogP contribution in [0.5, 0.6) is 0 Å². The number of hydrogen-bond donors (Lipinski definition) is 1. The molecule has 7 heteroatoms. The van der Waals surface area contributed by atoms with Gasteiger partial charge in [0.15, 0.2) is 5.16 Å². The van der Waals surface area contributed by atoms with Gasteiger partial charge in [-0.15, -0.1) is 0 Å². The molecule has 108 valence electrons. The largest absolute Gasteiger partial charge is 0.481 e. The number of aliphatic carboxylic acids is 1. The molecule has 0 amide bonds. The molecule has 1 N–H and O–H groups in total. The van der Waals surface area contributed by atoms with Gasteiger partial charge >= 0.3 is 5.97 Å². The SMILES string of the molecule is CSCCCn1c(SCC(=O)O)nc2ccc(Cl)cc21. The Morgan fingerprint density at radius 2 is 2.30 bits per heavy atom. The fourth-order valence-corrected chi connectivity index (χ4v) is 3.24. The molecule has 0 aliphatic rings. The lowest BCUT2D eigenvalue weighted by atomic mass is 10.3. The smallest absolute Gasteiger partial charge is 0.313 e. The Kier molecular flexibility index (Phi) is 5.63. The Bertz CT molecular complexity index is 616. The maximum atomic E-state index is 10.7. The molecule has 0 atom stereocenters. The first-order valence-electron chi connectivity index (χ1n) is 6.11. The highest BCUT2D eigenvalue weighted by Crippen LogP contribution is 2.26. The minimum absolute atomic E-state index is 0.0135. The summed E-state index contributed by atoms with van der Waals surface area (Å²) in [5.41, 5.74) is 1.82. The van der Waals surface area contributed by atoms with Crippen molar-refractivity contribution in [2.75, 3.05) is 17.8 Å². The number of aromatic nitrogens is 2. The van der Waals surface area contributed by atoms with E-state index < -0.39 is 5.97 Å². The Hall–Kier alpha value is -0.850. The first-order chi connectivity index (χ1) is 9.61. The van der Waals surface area contributed by atoms with Crippen LogP contribution in [0.2, 0.25) is 5.02 Å². The molecule has 2 rings (SSSR count). The fraction of sp³-hybridized carbons (Fsp3) is 0.385. The summed E-state index contributed by atoms with van der Waals surface area (Å²) in [5.74, 6) is 0.235. The van der Waals surface area contributed by atoms with E-state index in [0.29, 0.717) is 5.02 Å². The van der Waals surface area contributed by atoms with Gasteiger partial charge in [-0.2, -0.15) is 11.8 Å². The van der Waals surface area contributed by atoms with Crippen molar-refractivity contribution in [3.05, 3.63) is 23.2 Å². The number of rotatable bonds is 7. The van der Waals surface area contributed by atoms with Crippen molar-refractivity contribution in [1.29, 1.82) is 0 Å². The second-order valence-corrected chi connectivity index (χ2v) is 6.57. The highest BCUT2D eigenvalue weighted by Gasteiger charge is 2.12. The van der Waals surface area contributed by atoms with Crippen molar-refractivity contribution in [2.45, 2.75) is 18.1 Å². The van der Waals surface area contributed by atoms with Crippen molar-refractivity contribution in [3.8, 4) is 0 Å². The number of halogens is 1. The molecule has 0 saturated heterocycles. The van der Waals surface area contributed by atoms with Gasteiger partial charge in [0.1, 0.15) is 0 Å². The number of carboxylic acids is 1.